The van der Waals surface area contributed by atoms with Crippen molar-refractivity contribution < 1.29 is 29.3 Å². The maximum Gasteiger partial charge on any atom is 0.334 e. The van der Waals surface area contributed by atoms with Crippen molar-refractivity contribution in [3.8, 4) is 0 Å². The highest BCUT2D eigenvalue weighted by atomic mass is 16.5. The summed E-state index contributed by atoms with van der Waals surface area (Å²) in [6, 6.07) is 6.87. The lowest BCUT2D eigenvalue weighted by atomic mass is 9.78. The van der Waals surface area contributed by atoms with E-state index in [4.69, 9.17) is 4.74 Å². The molecule has 0 bridgehead atoms. The fourth-order valence-electron chi connectivity index (χ4n) is 4.19. The number of aliphatic carboxylic acids is 2. The number of rotatable bonds is 11. The van der Waals surface area contributed by atoms with Gasteiger partial charge in [0.05, 0.1) is 23.7 Å². The Labute approximate surface area is 201 Å². The molecule has 1 heterocycles. The molecule has 7 nitrogen and oxygen atoms in total. The first-order chi connectivity index (χ1) is 16.0. The first-order valence-electron chi connectivity index (χ1n) is 11.6. The van der Waals surface area contributed by atoms with E-state index in [9.17, 15) is 24.6 Å². The molecule has 1 aromatic rings. The lowest BCUT2D eigenvalue weighted by molar-refractivity contribution is -0.139. The molecule has 0 aromatic heterocycles. The normalized spacial score (nSPS) is 15.6. The number of hydrogen-bond donors (Lipinski definition) is 3. The molecule has 0 fully saturated rings. The topological polar surface area (TPSA) is 113 Å². The average molecular weight is 470 g/mol. The molecular weight excluding hydrogens is 434 g/mol. The molecule has 34 heavy (non-hydrogen) atoms. The zero-order valence-corrected chi connectivity index (χ0v) is 20.6. The fourth-order valence-corrected chi connectivity index (χ4v) is 4.19. The number of dihydropyridines is 1. The first kappa shape index (κ1) is 26.9. The molecular formula is C27H35NO6. The van der Waals surface area contributed by atoms with E-state index in [0.29, 0.717) is 35.0 Å². The minimum Gasteiger partial charge on any atom is -0.478 e. The van der Waals surface area contributed by atoms with Crippen LogP contribution in [0.3, 0.4) is 0 Å². The fraction of sp³-hybridized carbons (Fsp3) is 0.444. The summed E-state index contributed by atoms with van der Waals surface area (Å²) in [5.41, 5.74) is 1.72. The highest BCUT2D eigenvalue weighted by Gasteiger charge is 2.37. The maximum absolute atomic E-state index is 12.3. The van der Waals surface area contributed by atoms with Gasteiger partial charge in [0.2, 0.25) is 0 Å². The van der Waals surface area contributed by atoms with Gasteiger partial charge in [0.1, 0.15) is 0 Å². The quantitative estimate of drug-likeness (QED) is 0.305. The molecule has 0 saturated heterocycles. The smallest absolute Gasteiger partial charge is 0.334 e. The van der Waals surface area contributed by atoms with Gasteiger partial charge in [-0.25, -0.2) is 14.4 Å². The second kappa shape index (κ2) is 12.2. The third kappa shape index (κ3) is 7.07. The van der Waals surface area contributed by atoms with E-state index in [1.165, 1.54) is 6.08 Å². The zero-order valence-electron chi connectivity index (χ0n) is 20.6. The number of allylic oxidation sites excluding steroid dienone is 2. The van der Waals surface area contributed by atoms with E-state index in [2.05, 4.69) is 19.2 Å². The van der Waals surface area contributed by atoms with Crippen LogP contribution in [0.25, 0.3) is 6.08 Å². The van der Waals surface area contributed by atoms with E-state index in [-0.39, 0.29) is 17.1 Å². The molecule has 0 amide bonds. The Bertz CT molecular complexity index is 982. The van der Waals surface area contributed by atoms with Crippen molar-refractivity contribution >= 4 is 24.0 Å². The van der Waals surface area contributed by atoms with Gasteiger partial charge in [-0.1, -0.05) is 57.9 Å². The molecule has 0 saturated carbocycles. The van der Waals surface area contributed by atoms with E-state index in [1.54, 1.807) is 44.2 Å². The Balaban J connectivity index is 2.25. The average Bonchev–Trinajstić information content (AvgIpc) is 2.75. The van der Waals surface area contributed by atoms with Crippen LogP contribution in [-0.4, -0.2) is 34.7 Å². The second-order valence-electron chi connectivity index (χ2n) is 9.27. The van der Waals surface area contributed by atoms with Gasteiger partial charge >= 0.3 is 17.9 Å². The van der Waals surface area contributed by atoms with Gasteiger partial charge in [0, 0.05) is 17.5 Å². The molecule has 3 N–H and O–H groups in total. The molecule has 0 radical (unpaired) electrons. The molecule has 1 aliphatic heterocycles. The summed E-state index contributed by atoms with van der Waals surface area (Å²) in [6.07, 6.45) is 6.07. The highest BCUT2D eigenvalue weighted by molar-refractivity contribution is 5.99. The first-order valence-corrected chi connectivity index (χ1v) is 11.6. The van der Waals surface area contributed by atoms with Gasteiger partial charge in [-0.15, -0.1) is 0 Å². The van der Waals surface area contributed by atoms with Crippen LogP contribution in [-0.2, 0) is 19.1 Å². The van der Waals surface area contributed by atoms with Gasteiger partial charge in [-0.3, -0.25) is 0 Å². The highest BCUT2D eigenvalue weighted by Crippen LogP contribution is 2.39. The molecule has 0 spiro atoms. The summed E-state index contributed by atoms with van der Waals surface area (Å²) in [5, 5.41) is 22.6. The monoisotopic (exact) mass is 469 g/mol. The van der Waals surface area contributed by atoms with E-state index in [0.717, 1.165) is 19.3 Å². The maximum atomic E-state index is 12.3. The van der Waals surface area contributed by atoms with Crippen molar-refractivity contribution in [2.75, 3.05) is 6.61 Å². The van der Waals surface area contributed by atoms with Gasteiger partial charge in [-0.05, 0) is 49.3 Å². The SMILES string of the molecule is CC1=C(C(=O)O)C(c2ccccc2C=CC(=O)OCC(C)CCCC(C)C)C(C(=O)O)=C(C)N1. The zero-order chi connectivity index (χ0) is 25.4. The van der Waals surface area contributed by atoms with Crippen molar-refractivity contribution in [2.24, 2.45) is 11.8 Å². The van der Waals surface area contributed by atoms with Crippen molar-refractivity contribution in [1.29, 1.82) is 0 Å². The third-order valence-electron chi connectivity index (χ3n) is 5.92. The number of carboxylic acids is 2. The standard InChI is InChI=1S/C27H35NO6/c1-16(2)9-8-10-17(3)15-34-22(29)14-13-20-11-6-7-12-21(20)25-23(26(30)31)18(4)28-19(5)24(25)27(32)33/h6-7,11-14,16-17,25,28H,8-10,15H2,1-5H3,(H,30,31)(H,32,33). The molecule has 184 valence electrons. The largest absolute Gasteiger partial charge is 0.478 e. The van der Waals surface area contributed by atoms with Crippen LogP contribution in [0.2, 0.25) is 0 Å². The van der Waals surface area contributed by atoms with Crippen molar-refractivity contribution in [1.82, 2.24) is 5.32 Å². The van der Waals surface area contributed by atoms with Gasteiger partial charge in [0.25, 0.3) is 0 Å². The summed E-state index contributed by atoms with van der Waals surface area (Å²) in [4.78, 5) is 36.4. The summed E-state index contributed by atoms with van der Waals surface area (Å²) in [6.45, 7) is 9.96. The summed E-state index contributed by atoms with van der Waals surface area (Å²) < 4.78 is 5.38. The molecule has 1 aromatic carbocycles. The van der Waals surface area contributed by atoms with Crippen molar-refractivity contribution in [3.05, 3.63) is 64.0 Å². The van der Waals surface area contributed by atoms with E-state index < -0.39 is 23.8 Å². The number of esters is 1. The van der Waals surface area contributed by atoms with Crippen LogP contribution < -0.4 is 5.32 Å². The number of nitrogens with one attached hydrogen (secondary N) is 1. The Hall–Kier alpha value is -3.35. The molecule has 2 rings (SSSR count). The molecule has 1 unspecified atom stereocenters. The van der Waals surface area contributed by atoms with Crippen LogP contribution in [0.15, 0.2) is 52.9 Å². The van der Waals surface area contributed by atoms with E-state index in [1.807, 2.05) is 6.92 Å². The van der Waals surface area contributed by atoms with Crippen LogP contribution >= 0.6 is 0 Å². The lowest BCUT2D eigenvalue weighted by Crippen LogP contribution is -2.31. The molecule has 7 heteroatoms. The van der Waals surface area contributed by atoms with Crippen LogP contribution in [0, 0.1) is 11.8 Å². The number of hydrogen-bond acceptors (Lipinski definition) is 5. The van der Waals surface area contributed by atoms with Gasteiger partial charge in [-0.2, -0.15) is 0 Å². The van der Waals surface area contributed by atoms with E-state index >= 15 is 0 Å². The number of carboxylic acid groups (broad SMARTS) is 2. The second-order valence-corrected chi connectivity index (χ2v) is 9.27. The summed E-state index contributed by atoms with van der Waals surface area (Å²) in [7, 11) is 0. The summed E-state index contributed by atoms with van der Waals surface area (Å²) >= 11 is 0. The predicted octanol–water partition coefficient (Wildman–Crippen LogP) is 5.11. The molecule has 1 atom stereocenters. The van der Waals surface area contributed by atoms with Crippen molar-refractivity contribution in [2.45, 2.75) is 59.8 Å². The van der Waals surface area contributed by atoms with Crippen LogP contribution in [0.4, 0.5) is 0 Å². The number of carbonyl (C=O) groups is 3. The van der Waals surface area contributed by atoms with Gasteiger partial charge in [0.15, 0.2) is 0 Å². The Kier molecular flexibility index (Phi) is 9.66. The Morgan fingerprint density at radius 3 is 2.15 bits per heavy atom. The summed E-state index contributed by atoms with van der Waals surface area (Å²) in [5.74, 6) is -2.98. The predicted molar refractivity (Wildman–Crippen MR) is 131 cm³/mol. The Morgan fingerprint density at radius 1 is 1.00 bits per heavy atom. The van der Waals surface area contributed by atoms with Crippen LogP contribution in [0.5, 0.6) is 0 Å². The number of benzene rings is 1. The minimum absolute atomic E-state index is 0.0401. The lowest BCUT2D eigenvalue weighted by Gasteiger charge is -2.29. The number of carbonyl (C=O) groups excluding carboxylic acids is 1. The van der Waals surface area contributed by atoms with Crippen molar-refractivity contribution in [3.63, 3.8) is 0 Å². The number of ether oxygens (including phenoxy) is 1. The van der Waals surface area contributed by atoms with Crippen LogP contribution in [0.1, 0.15) is 70.9 Å². The third-order valence-corrected chi connectivity index (χ3v) is 5.92. The van der Waals surface area contributed by atoms with Gasteiger partial charge < -0.3 is 20.3 Å². The molecule has 1 aliphatic rings. The minimum atomic E-state index is -1.20. The molecule has 0 aliphatic carbocycles. The Morgan fingerprint density at radius 2 is 1.59 bits per heavy atom.